The predicted octanol–water partition coefficient (Wildman–Crippen LogP) is 1.86. The molecule has 0 aromatic carbocycles. The van der Waals surface area contributed by atoms with E-state index in [0.717, 1.165) is 22.9 Å². The first-order valence-electron chi connectivity index (χ1n) is 5.43. The van der Waals surface area contributed by atoms with E-state index in [1.165, 1.54) is 24.2 Å². The Morgan fingerprint density at radius 1 is 1.75 bits per heavy atom. The zero-order chi connectivity index (χ0) is 11.5. The first-order chi connectivity index (χ1) is 7.66. The molecule has 2 rings (SSSR count). The molecule has 1 saturated heterocycles. The van der Waals surface area contributed by atoms with Crippen molar-refractivity contribution < 1.29 is 4.79 Å². The fourth-order valence-corrected chi connectivity index (χ4v) is 3.04. The van der Waals surface area contributed by atoms with E-state index in [9.17, 15) is 4.79 Å². The highest BCUT2D eigenvalue weighted by Gasteiger charge is 2.21. The molecule has 0 aliphatic carbocycles. The minimum Gasteiger partial charge on any atom is -0.350 e. The molecule has 1 amide bonds. The van der Waals surface area contributed by atoms with Crippen molar-refractivity contribution in [2.24, 2.45) is 0 Å². The van der Waals surface area contributed by atoms with E-state index in [2.05, 4.69) is 29.9 Å². The lowest BCUT2D eigenvalue weighted by molar-refractivity contribution is 0.0947. The molecule has 0 bridgehead atoms. The summed E-state index contributed by atoms with van der Waals surface area (Å²) in [5.74, 6) is 0.0191. The number of likely N-dealkylation sites (tertiary alicyclic amines) is 1. The fourth-order valence-electron chi connectivity index (χ4n) is 1.98. The maximum absolute atomic E-state index is 11.8. The van der Waals surface area contributed by atoms with Crippen LogP contribution in [0.25, 0.3) is 0 Å². The molecule has 0 spiro atoms. The van der Waals surface area contributed by atoms with Crippen molar-refractivity contribution in [3.8, 4) is 0 Å². The minimum atomic E-state index is 0.0191. The topological polar surface area (TPSA) is 32.3 Å². The SMILES string of the molecule is CN1CCCC1CNC(=O)c1cc(S)cs1. The van der Waals surface area contributed by atoms with Crippen molar-refractivity contribution >= 4 is 29.9 Å². The van der Waals surface area contributed by atoms with Gasteiger partial charge < -0.3 is 10.2 Å². The summed E-state index contributed by atoms with van der Waals surface area (Å²) in [5, 5.41) is 4.86. The van der Waals surface area contributed by atoms with Crippen LogP contribution in [0.3, 0.4) is 0 Å². The first-order valence-corrected chi connectivity index (χ1v) is 6.75. The van der Waals surface area contributed by atoms with Crippen molar-refractivity contribution in [1.29, 1.82) is 0 Å². The maximum Gasteiger partial charge on any atom is 0.261 e. The Morgan fingerprint density at radius 3 is 3.12 bits per heavy atom. The summed E-state index contributed by atoms with van der Waals surface area (Å²) in [4.78, 5) is 15.7. The van der Waals surface area contributed by atoms with Crippen LogP contribution >= 0.6 is 24.0 Å². The van der Waals surface area contributed by atoms with Crippen LogP contribution in [0.1, 0.15) is 22.5 Å². The first kappa shape index (κ1) is 12.0. The molecule has 1 aliphatic rings. The lowest BCUT2D eigenvalue weighted by Gasteiger charge is -2.19. The number of hydrogen-bond acceptors (Lipinski definition) is 4. The Hall–Kier alpha value is -0.520. The van der Waals surface area contributed by atoms with Crippen LogP contribution in [0.4, 0.5) is 0 Å². The number of hydrogen-bond donors (Lipinski definition) is 2. The number of amides is 1. The highest BCUT2D eigenvalue weighted by atomic mass is 32.1. The molecule has 1 unspecified atom stereocenters. The molecule has 0 radical (unpaired) electrons. The van der Waals surface area contributed by atoms with Gasteiger partial charge in [0.2, 0.25) is 0 Å². The average molecular weight is 256 g/mol. The average Bonchev–Trinajstić information content (AvgIpc) is 2.84. The quantitative estimate of drug-likeness (QED) is 0.809. The van der Waals surface area contributed by atoms with Crippen LogP contribution in [-0.2, 0) is 0 Å². The second-order valence-electron chi connectivity index (χ2n) is 4.16. The van der Waals surface area contributed by atoms with Gasteiger partial charge in [-0.2, -0.15) is 0 Å². The molecule has 1 aromatic heterocycles. The molecule has 0 saturated carbocycles. The van der Waals surface area contributed by atoms with Gasteiger partial charge >= 0.3 is 0 Å². The summed E-state index contributed by atoms with van der Waals surface area (Å²) in [5.41, 5.74) is 0. The standard InChI is InChI=1S/C11H16N2OS2/c1-13-4-2-3-8(13)6-12-11(14)10-5-9(15)7-16-10/h5,7-8,15H,2-4,6H2,1H3,(H,12,14). The van der Waals surface area contributed by atoms with Gasteiger partial charge in [0, 0.05) is 22.9 Å². The molecular formula is C11H16N2OS2. The molecule has 1 N–H and O–H groups in total. The highest BCUT2D eigenvalue weighted by molar-refractivity contribution is 7.80. The second-order valence-corrected chi connectivity index (χ2v) is 5.58. The van der Waals surface area contributed by atoms with Crippen molar-refractivity contribution in [3.63, 3.8) is 0 Å². The monoisotopic (exact) mass is 256 g/mol. The Bertz CT molecular complexity index is 378. The van der Waals surface area contributed by atoms with E-state index >= 15 is 0 Å². The number of thiol groups is 1. The summed E-state index contributed by atoms with van der Waals surface area (Å²) in [6.45, 7) is 1.88. The number of nitrogens with zero attached hydrogens (tertiary/aromatic N) is 1. The highest BCUT2D eigenvalue weighted by Crippen LogP contribution is 2.18. The fraction of sp³-hybridized carbons (Fsp3) is 0.545. The normalized spacial score (nSPS) is 21.2. The Kier molecular flexibility index (Phi) is 3.89. The van der Waals surface area contributed by atoms with Gasteiger partial charge in [-0.3, -0.25) is 4.79 Å². The molecule has 2 heterocycles. The molecular weight excluding hydrogens is 240 g/mol. The van der Waals surface area contributed by atoms with E-state index < -0.39 is 0 Å². The van der Waals surface area contributed by atoms with Gasteiger partial charge in [0.1, 0.15) is 0 Å². The smallest absolute Gasteiger partial charge is 0.261 e. The minimum absolute atomic E-state index is 0.0191. The van der Waals surface area contributed by atoms with E-state index in [1.807, 2.05) is 11.4 Å². The third-order valence-corrected chi connectivity index (χ3v) is 4.34. The van der Waals surface area contributed by atoms with E-state index in [-0.39, 0.29) is 5.91 Å². The molecule has 5 heteroatoms. The molecule has 1 atom stereocenters. The summed E-state index contributed by atoms with van der Waals surface area (Å²) in [7, 11) is 2.11. The third-order valence-electron chi connectivity index (χ3n) is 2.98. The van der Waals surface area contributed by atoms with Crippen LogP contribution in [0.15, 0.2) is 16.3 Å². The number of nitrogens with one attached hydrogen (secondary N) is 1. The van der Waals surface area contributed by atoms with Gasteiger partial charge in [0.05, 0.1) is 4.88 Å². The molecule has 3 nitrogen and oxygen atoms in total. The van der Waals surface area contributed by atoms with Crippen molar-refractivity contribution in [1.82, 2.24) is 10.2 Å². The molecule has 1 aromatic rings. The van der Waals surface area contributed by atoms with Crippen LogP contribution in [-0.4, -0.2) is 37.0 Å². The number of carbonyl (C=O) groups is 1. The molecule has 1 fully saturated rings. The molecule has 16 heavy (non-hydrogen) atoms. The number of rotatable bonds is 3. The number of carbonyl (C=O) groups excluding carboxylic acids is 1. The van der Waals surface area contributed by atoms with Gasteiger partial charge in [-0.25, -0.2) is 0 Å². The van der Waals surface area contributed by atoms with Gasteiger partial charge in [0.15, 0.2) is 0 Å². The number of thiophene rings is 1. The lowest BCUT2D eigenvalue weighted by Crippen LogP contribution is -2.37. The summed E-state index contributed by atoms with van der Waals surface area (Å²) < 4.78 is 0. The van der Waals surface area contributed by atoms with Crippen LogP contribution in [0.2, 0.25) is 0 Å². The second kappa shape index (κ2) is 5.21. The maximum atomic E-state index is 11.8. The predicted molar refractivity (Wildman–Crippen MR) is 69.6 cm³/mol. The van der Waals surface area contributed by atoms with Crippen LogP contribution in [0.5, 0.6) is 0 Å². The Balaban J connectivity index is 1.84. The zero-order valence-electron chi connectivity index (χ0n) is 9.27. The molecule has 88 valence electrons. The molecule has 1 aliphatic heterocycles. The van der Waals surface area contributed by atoms with Crippen LogP contribution in [0, 0.1) is 0 Å². The van der Waals surface area contributed by atoms with Gasteiger partial charge in [0.25, 0.3) is 5.91 Å². The zero-order valence-corrected chi connectivity index (χ0v) is 11.0. The van der Waals surface area contributed by atoms with Crippen molar-refractivity contribution in [2.45, 2.75) is 23.8 Å². The van der Waals surface area contributed by atoms with Gasteiger partial charge in [-0.05, 0) is 32.5 Å². The van der Waals surface area contributed by atoms with Gasteiger partial charge in [-0.15, -0.1) is 24.0 Å². The van der Waals surface area contributed by atoms with E-state index in [1.54, 1.807) is 0 Å². The third kappa shape index (κ3) is 2.78. The number of likely N-dealkylation sites (N-methyl/N-ethyl adjacent to an activating group) is 1. The summed E-state index contributed by atoms with van der Waals surface area (Å²) in [6.07, 6.45) is 2.41. The van der Waals surface area contributed by atoms with E-state index in [0.29, 0.717) is 6.04 Å². The lowest BCUT2D eigenvalue weighted by atomic mass is 10.2. The summed E-state index contributed by atoms with van der Waals surface area (Å²) in [6, 6.07) is 2.31. The van der Waals surface area contributed by atoms with Crippen molar-refractivity contribution in [2.75, 3.05) is 20.1 Å². The Labute approximate surface area is 105 Å². The van der Waals surface area contributed by atoms with Gasteiger partial charge in [-0.1, -0.05) is 0 Å². The Morgan fingerprint density at radius 2 is 2.56 bits per heavy atom. The van der Waals surface area contributed by atoms with E-state index in [4.69, 9.17) is 0 Å². The van der Waals surface area contributed by atoms with Crippen LogP contribution < -0.4 is 5.32 Å². The summed E-state index contributed by atoms with van der Waals surface area (Å²) >= 11 is 5.63. The van der Waals surface area contributed by atoms with Crippen molar-refractivity contribution in [3.05, 3.63) is 16.3 Å². The largest absolute Gasteiger partial charge is 0.350 e.